The lowest BCUT2D eigenvalue weighted by atomic mass is 9.98. The molecule has 0 amide bonds. The minimum Gasteiger partial charge on any atom is -0.481 e. The average Bonchev–Trinajstić information content (AvgIpc) is 2.88. The summed E-state index contributed by atoms with van der Waals surface area (Å²) in [5.74, 6) is 0.675. The third-order valence-electron chi connectivity index (χ3n) is 2.86. The number of hydrogen-bond donors (Lipinski definition) is 1. The number of pyridine rings is 1. The van der Waals surface area contributed by atoms with Crippen LogP contribution in [0, 0.1) is 0 Å². The maximum absolute atomic E-state index is 5.23. The lowest BCUT2D eigenvalue weighted by Crippen LogP contribution is -2.15. The van der Waals surface area contributed by atoms with Crippen LogP contribution in [0.4, 0.5) is 0 Å². The van der Waals surface area contributed by atoms with E-state index in [1.165, 1.54) is 5.01 Å². The van der Waals surface area contributed by atoms with Gasteiger partial charge in [0.25, 0.3) is 0 Å². The quantitative estimate of drug-likeness (QED) is 0.919. The minimum absolute atomic E-state index is 0.121. The summed E-state index contributed by atoms with van der Waals surface area (Å²) in [5.41, 5.74) is 2.26. The second kappa shape index (κ2) is 6.33. The predicted molar refractivity (Wildman–Crippen MR) is 82.1 cm³/mol. The largest absolute Gasteiger partial charge is 0.481 e. The van der Waals surface area contributed by atoms with Crippen molar-refractivity contribution in [2.24, 2.45) is 0 Å². The van der Waals surface area contributed by atoms with Gasteiger partial charge in [-0.2, -0.15) is 0 Å². The summed E-state index contributed by atoms with van der Waals surface area (Å²) in [5, 5.41) is 6.68. The normalized spacial score (nSPS) is 11.6. The van der Waals surface area contributed by atoms with Gasteiger partial charge in [-0.3, -0.25) is 0 Å². The van der Waals surface area contributed by atoms with Crippen LogP contribution in [0.25, 0.3) is 0 Å². The van der Waals surface area contributed by atoms with Crippen LogP contribution in [0.3, 0.4) is 0 Å². The Labute approximate surface area is 124 Å². The highest BCUT2D eigenvalue weighted by Gasteiger charge is 2.17. The van der Waals surface area contributed by atoms with Crippen molar-refractivity contribution in [3.8, 4) is 5.88 Å². The molecule has 0 aliphatic rings. The van der Waals surface area contributed by atoms with Crippen LogP contribution in [-0.4, -0.2) is 17.1 Å². The third-order valence-corrected chi connectivity index (χ3v) is 4.18. The standard InChI is InChI=1S/C15H21N3OS/c1-15(2,3)14-18-12(10-20-14)9-16-8-11-6-5-7-17-13(11)19-4/h5-7,10,16H,8-9H2,1-4H3. The van der Waals surface area contributed by atoms with E-state index in [2.05, 4.69) is 41.4 Å². The Bertz CT molecular complexity index is 560. The molecule has 0 aliphatic heterocycles. The number of rotatable bonds is 5. The van der Waals surface area contributed by atoms with Crippen molar-refractivity contribution in [3.63, 3.8) is 0 Å². The Kier molecular flexibility index (Phi) is 4.73. The number of hydrogen-bond acceptors (Lipinski definition) is 5. The molecular formula is C15H21N3OS. The number of nitrogens with zero attached hydrogens (tertiary/aromatic N) is 2. The van der Waals surface area contributed by atoms with E-state index in [-0.39, 0.29) is 5.41 Å². The summed E-state index contributed by atoms with van der Waals surface area (Å²) in [6.45, 7) is 8.03. The van der Waals surface area contributed by atoms with Gasteiger partial charge in [-0.1, -0.05) is 26.8 Å². The second-order valence-corrected chi connectivity index (χ2v) is 6.53. The maximum atomic E-state index is 5.23. The highest BCUT2D eigenvalue weighted by Crippen LogP contribution is 2.25. The van der Waals surface area contributed by atoms with Gasteiger partial charge in [-0.25, -0.2) is 9.97 Å². The molecule has 0 aliphatic carbocycles. The number of aromatic nitrogens is 2. The first-order valence-electron chi connectivity index (χ1n) is 6.64. The van der Waals surface area contributed by atoms with E-state index in [9.17, 15) is 0 Å². The molecule has 5 heteroatoms. The van der Waals surface area contributed by atoms with Gasteiger partial charge in [0.2, 0.25) is 5.88 Å². The molecule has 0 atom stereocenters. The molecule has 4 nitrogen and oxygen atoms in total. The molecule has 2 heterocycles. The summed E-state index contributed by atoms with van der Waals surface area (Å²) in [6, 6.07) is 3.93. The molecule has 0 saturated heterocycles. The van der Waals surface area contributed by atoms with Gasteiger partial charge in [0.15, 0.2) is 0 Å². The predicted octanol–water partition coefficient (Wildman–Crippen LogP) is 3.13. The number of ether oxygens (including phenoxy) is 1. The van der Waals surface area contributed by atoms with Crippen LogP contribution in [0.15, 0.2) is 23.7 Å². The maximum Gasteiger partial charge on any atom is 0.217 e. The molecule has 0 saturated carbocycles. The summed E-state index contributed by atoms with van der Waals surface area (Å²) < 4.78 is 5.23. The van der Waals surface area contributed by atoms with Crippen LogP contribution >= 0.6 is 11.3 Å². The first kappa shape index (κ1) is 14.9. The van der Waals surface area contributed by atoms with Crippen molar-refractivity contribution >= 4 is 11.3 Å². The summed E-state index contributed by atoms with van der Waals surface area (Å²) in [7, 11) is 1.64. The first-order chi connectivity index (χ1) is 9.50. The Morgan fingerprint density at radius 2 is 2.10 bits per heavy atom. The van der Waals surface area contributed by atoms with Crippen LogP contribution in [0.1, 0.15) is 37.0 Å². The molecule has 108 valence electrons. The topological polar surface area (TPSA) is 47.0 Å². The summed E-state index contributed by atoms with van der Waals surface area (Å²) in [6.07, 6.45) is 1.73. The molecule has 0 aromatic carbocycles. The van der Waals surface area contributed by atoms with Gasteiger partial charge in [0.1, 0.15) is 0 Å². The molecule has 2 aromatic heterocycles. The fourth-order valence-electron chi connectivity index (χ4n) is 1.80. The lowest BCUT2D eigenvalue weighted by molar-refractivity contribution is 0.390. The van der Waals surface area contributed by atoms with Gasteiger partial charge < -0.3 is 10.1 Å². The Balaban J connectivity index is 1.91. The highest BCUT2D eigenvalue weighted by atomic mass is 32.1. The van der Waals surface area contributed by atoms with Crippen LogP contribution in [0.2, 0.25) is 0 Å². The third kappa shape index (κ3) is 3.77. The number of methoxy groups -OCH3 is 1. The zero-order valence-electron chi connectivity index (χ0n) is 12.4. The molecule has 20 heavy (non-hydrogen) atoms. The van der Waals surface area contributed by atoms with Crippen molar-refractivity contribution < 1.29 is 4.74 Å². The monoisotopic (exact) mass is 291 g/mol. The molecule has 0 bridgehead atoms. The van der Waals surface area contributed by atoms with Gasteiger partial charge in [-0.05, 0) is 6.07 Å². The van der Waals surface area contributed by atoms with E-state index in [0.717, 1.165) is 24.3 Å². The number of nitrogens with one attached hydrogen (secondary N) is 1. The van der Waals surface area contributed by atoms with Crippen molar-refractivity contribution in [2.45, 2.75) is 39.3 Å². The van der Waals surface area contributed by atoms with Gasteiger partial charge in [0, 0.05) is 35.6 Å². The van der Waals surface area contributed by atoms with Crippen LogP contribution < -0.4 is 10.1 Å². The van der Waals surface area contributed by atoms with Crippen LogP contribution in [-0.2, 0) is 18.5 Å². The Hall–Kier alpha value is -1.46. The molecule has 0 spiro atoms. The van der Waals surface area contributed by atoms with E-state index in [4.69, 9.17) is 4.74 Å². The zero-order chi connectivity index (χ0) is 14.6. The molecule has 0 fully saturated rings. The second-order valence-electron chi connectivity index (χ2n) is 5.67. The smallest absolute Gasteiger partial charge is 0.217 e. The minimum atomic E-state index is 0.121. The van der Waals surface area contributed by atoms with Crippen molar-refractivity contribution in [3.05, 3.63) is 40.0 Å². The first-order valence-corrected chi connectivity index (χ1v) is 7.52. The van der Waals surface area contributed by atoms with Gasteiger partial charge in [-0.15, -0.1) is 11.3 Å². The zero-order valence-corrected chi connectivity index (χ0v) is 13.3. The molecule has 2 aromatic rings. The molecule has 0 unspecified atom stereocenters. The highest BCUT2D eigenvalue weighted by molar-refractivity contribution is 7.09. The van der Waals surface area contributed by atoms with Gasteiger partial charge >= 0.3 is 0 Å². The lowest BCUT2D eigenvalue weighted by Gasteiger charge is -2.13. The molecule has 1 N–H and O–H groups in total. The molecular weight excluding hydrogens is 270 g/mol. The van der Waals surface area contributed by atoms with E-state index in [1.807, 2.05) is 12.1 Å². The fraction of sp³-hybridized carbons (Fsp3) is 0.467. The van der Waals surface area contributed by atoms with Crippen LogP contribution in [0.5, 0.6) is 5.88 Å². The SMILES string of the molecule is COc1ncccc1CNCc1csc(C(C)(C)C)n1. The van der Waals surface area contributed by atoms with Crippen molar-refractivity contribution in [1.29, 1.82) is 0 Å². The van der Waals surface area contributed by atoms with E-state index in [0.29, 0.717) is 5.88 Å². The fourth-order valence-corrected chi connectivity index (χ4v) is 2.71. The Morgan fingerprint density at radius 3 is 2.75 bits per heavy atom. The summed E-state index contributed by atoms with van der Waals surface area (Å²) >= 11 is 1.72. The average molecular weight is 291 g/mol. The molecule has 0 radical (unpaired) electrons. The van der Waals surface area contributed by atoms with E-state index in [1.54, 1.807) is 24.6 Å². The van der Waals surface area contributed by atoms with Crippen molar-refractivity contribution in [1.82, 2.24) is 15.3 Å². The van der Waals surface area contributed by atoms with E-state index >= 15 is 0 Å². The Morgan fingerprint density at radius 1 is 1.30 bits per heavy atom. The van der Waals surface area contributed by atoms with Crippen molar-refractivity contribution in [2.75, 3.05) is 7.11 Å². The number of thiazole rings is 1. The van der Waals surface area contributed by atoms with Gasteiger partial charge in [0.05, 0.1) is 17.8 Å². The summed E-state index contributed by atoms with van der Waals surface area (Å²) in [4.78, 5) is 8.85. The molecule has 2 rings (SSSR count). The van der Waals surface area contributed by atoms with E-state index < -0.39 is 0 Å².